The first-order chi connectivity index (χ1) is 8.96. The summed E-state index contributed by atoms with van der Waals surface area (Å²) in [5.41, 5.74) is 1.30. The second-order valence-corrected chi connectivity index (χ2v) is 3.95. The molecule has 2 aromatic rings. The average molecular weight is 268 g/mol. The molecule has 0 aromatic carbocycles. The van der Waals surface area contributed by atoms with E-state index in [9.17, 15) is 13.2 Å². The molecule has 0 saturated carbocycles. The van der Waals surface area contributed by atoms with Gasteiger partial charge in [-0.25, -0.2) is 4.98 Å². The lowest BCUT2D eigenvalue weighted by atomic mass is 10.2. The van der Waals surface area contributed by atoms with Gasteiger partial charge in [-0.3, -0.25) is 9.97 Å². The number of alkyl halides is 3. The van der Waals surface area contributed by atoms with Crippen LogP contribution < -0.4 is 0 Å². The lowest BCUT2D eigenvalue weighted by Gasteiger charge is -2.09. The molecule has 2 rings (SSSR count). The van der Waals surface area contributed by atoms with Gasteiger partial charge in [0.15, 0.2) is 0 Å². The van der Waals surface area contributed by atoms with Gasteiger partial charge in [-0.15, -0.1) is 0 Å². The van der Waals surface area contributed by atoms with Crippen LogP contribution in [-0.2, 0) is 6.54 Å². The normalized spacial score (nSPS) is 12.7. The molecule has 0 N–H and O–H groups in total. The fourth-order valence-electron chi connectivity index (χ4n) is 1.56. The van der Waals surface area contributed by atoms with Gasteiger partial charge in [0, 0.05) is 24.8 Å². The molecule has 0 aliphatic rings. The van der Waals surface area contributed by atoms with Crippen molar-refractivity contribution in [2.45, 2.75) is 19.6 Å². The summed E-state index contributed by atoms with van der Waals surface area (Å²) in [6, 6.07) is 0. The monoisotopic (exact) mass is 268 g/mol. The third-order valence-electron chi connectivity index (χ3n) is 2.41. The van der Waals surface area contributed by atoms with Crippen LogP contribution in [0, 0.1) is 0 Å². The van der Waals surface area contributed by atoms with Gasteiger partial charge in [0.25, 0.3) is 0 Å². The Hall–Kier alpha value is -2.18. The number of aromatic nitrogens is 4. The molecular weight excluding hydrogens is 257 g/mol. The molecule has 0 unspecified atom stereocenters. The summed E-state index contributed by atoms with van der Waals surface area (Å²) in [7, 11) is 0. The number of halogens is 3. The number of nitrogens with zero attached hydrogens (tertiary/aromatic N) is 4. The first-order valence-corrected chi connectivity index (χ1v) is 5.48. The smallest absolute Gasteiger partial charge is 0.322 e. The Morgan fingerprint density at radius 2 is 2.05 bits per heavy atom. The molecule has 4 nitrogen and oxygen atoms in total. The largest absolute Gasteiger partial charge is 0.406 e. The maximum absolute atomic E-state index is 12.4. The summed E-state index contributed by atoms with van der Waals surface area (Å²) in [6.07, 6.45) is 4.50. The lowest BCUT2D eigenvalue weighted by molar-refractivity contribution is -0.140. The van der Waals surface area contributed by atoms with Crippen molar-refractivity contribution < 1.29 is 13.2 Å². The summed E-state index contributed by atoms with van der Waals surface area (Å²) in [5.74, 6) is 0.237. The van der Waals surface area contributed by atoms with Gasteiger partial charge in [0.1, 0.15) is 12.4 Å². The summed E-state index contributed by atoms with van der Waals surface area (Å²) in [6.45, 7) is 0.684. The molecule has 100 valence electrons. The molecule has 2 aromatic heterocycles. The summed E-state index contributed by atoms with van der Waals surface area (Å²) in [4.78, 5) is 11.9. The zero-order valence-electron chi connectivity index (χ0n) is 10.1. The maximum Gasteiger partial charge on any atom is 0.406 e. The first kappa shape index (κ1) is 13.3. The highest BCUT2D eigenvalue weighted by atomic mass is 19.4. The molecule has 7 heteroatoms. The van der Waals surface area contributed by atoms with Crippen LogP contribution >= 0.6 is 0 Å². The Morgan fingerprint density at radius 1 is 1.26 bits per heavy atom. The van der Waals surface area contributed by atoms with E-state index in [4.69, 9.17) is 0 Å². The van der Waals surface area contributed by atoms with Gasteiger partial charge in [0.05, 0.1) is 11.9 Å². The molecular formula is C12H11F3N4. The minimum atomic E-state index is -4.27. The molecule has 0 fully saturated rings. The second kappa shape index (κ2) is 5.21. The second-order valence-electron chi connectivity index (χ2n) is 3.95. The van der Waals surface area contributed by atoms with Crippen LogP contribution in [0.1, 0.15) is 18.4 Å². The number of hydrogen-bond acceptors (Lipinski definition) is 3. The molecule has 2 heterocycles. The van der Waals surface area contributed by atoms with E-state index in [1.54, 1.807) is 19.2 Å². The van der Waals surface area contributed by atoms with Crippen molar-refractivity contribution in [3.63, 3.8) is 0 Å². The summed E-state index contributed by atoms with van der Waals surface area (Å²) >= 11 is 0. The van der Waals surface area contributed by atoms with Crippen LogP contribution in [0.15, 0.2) is 31.0 Å². The van der Waals surface area contributed by atoms with E-state index in [-0.39, 0.29) is 5.82 Å². The number of hydrogen-bond donors (Lipinski definition) is 0. The van der Waals surface area contributed by atoms with Crippen molar-refractivity contribution in [3.05, 3.63) is 42.5 Å². The van der Waals surface area contributed by atoms with Crippen molar-refractivity contribution >= 4 is 11.6 Å². The van der Waals surface area contributed by atoms with E-state index in [1.165, 1.54) is 24.8 Å². The van der Waals surface area contributed by atoms with E-state index in [0.29, 0.717) is 11.3 Å². The SMILES string of the molecule is C/C(=C/c1nccn1CC(F)(F)F)c1cnccn1. The summed E-state index contributed by atoms with van der Waals surface area (Å²) in [5, 5.41) is 0. The Balaban J connectivity index is 2.26. The Labute approximate surface area is 107 Å². The van der Waals surface area contributed by atoms with Crippen LogP contribution in [0.4, 0.5) is 13.2 Å². The first-order valence-electron chi connectivity index (χ1n) is 5.48. The lowest BCUT2D eigenvalue weighted by Crippen LogP contribution is -2.18. The minimum absolute atomic E-state index is 0.237. The molecule has 0 atom stereocenters. The Morgan fingerprint density at radius 3 is 2.68 bits per heavy atom. The number of rotatable bonds is 3. The van der Waals surface area contributed by atoms with Crippen molar-refractivity contribution in [1.29, 1.82) is 0 Å². The zero-order chi connectivity index (χ0) is 13.9. The van der Waals surface area contributed by atoms with E-state index < -0.39 is 12.7 Å². The molecule has 0 spiro atoms. The highest BCUT2D eigenvalue weighted by Crippen LogP contribution is 2.20. The quantitative estimate of drug-likeness (QED) is 0.859. The topological polar surface area (TPSA) is 43.6 Å². The molecule has 0 amide bonds. The predicted molar refractivity (Wildman–Crippen MR) is 63.9 cm³/mol. The average Bonchev–Trinajstić information content (AvgIpc) is 2.75. The fourth-order valence-corrected chi connectivity index (χ4v) is 1.56. The standard InChI is InChI=1S/C12H11F3N4/c1-9(10-7-16-2-3-17-10)6-11-18-4-5-19(11)8-12(13,14)15/h2-7H,8H2,1H3/b9-6-. The van der Waals surface area contributed by atoms with E-state index >= 15 is 0 Å². The van der Waals surface area contributed by atoms with Gasteiger partial charge in [-0.1, -0.05) is 0 Å². The van der Waals surface area contributed by atoms with Crippen molar-refractivity contribution in [2.75, 3.05) is 0 Å². The third-order valence-corrected chi connectivity index (χ3v) is 2.41. The third kappa shape index (κ3) is 3.64. The molecule has 0 aliphatic carbocycles. The van der Waals surface area contributed by atoms with Gasteiger partial charge in [-0.05, 0) is 18.6 Å². The number of allylic oxidation sites excluding steroid dienone is 1. The molecule has 0 saturated heterocycles. The van der Waals surface area contributed by atoms with Crippen LogP contribution in [-0.4, -0.2) is 25.7 Å². The predicted octanol–water partition coefficient (Wildman–Crippen LogP) is 2.80. The Bertz CT molecular complexity index is 572. The maximum atomic E-state index is 12.4. The van der Waals surface area contributed by atoms with E-state index in [0.717, 1.165) is 4.57 Å². The van der Waals surface area contributed by atoms with Gasteiger partial charge in [0.2, 0.25) is 0 Å². The molecule has 19 heavy (non-hydrogen) atoms. The fraction of sp³-hybridized carbons (Fsp3) is 0.250. The molecule has 0 radical (unpaired) electrons. The van der Waals surface area contributed by atoms with E-state index in [1.807, 2.05) is 0 Å². The van der Waals surface area contributed by atoms with Gasteiger partial charge >= 0.3 is 6.18 Å². The van der Waals surface area contributed by atoms with Crippen molar-refractivity contribution in [3.8, 4) is 0 Å². The van der Waals surface area contributed by atoms with E-state index in [2.05, 4.69) is 15.0 Å². The zero-order valence-corrected chi connectivity index (χ0v) is 10.1. The minimum Gasteiger partial charge on any atom is -0.322 e. The summed E-state index contributed by atoms with van der Waals surface area (Å²) < 4.78 is 38.1. The highest BCUT2D eigenvalue weighted by Gasteiger charge is 2.28. The number of imidazole rings is 1. The van der Waals surface area contributed by atoms with Crippen LogP contribution in [0.3, 0.4) is 0 Å². The van der Waals surface area contributed by atoms with Crippen molar-refractivity contribution in [2.24, 2.45) is 0 Å². The molecule has 0 aliphatic heterocycles. The Kier molecular flexibility index (Phi) is 3.64. The van der Waals surface area contributed by atoms with Crippen molar-refractivity contribution in [1.82, 2.24) is 19.5 Å². The highest BCUT2D eigenvalue weighted by molar-refractivity contribution is 5.76. The van der Waals surface area contributed by atoms with Gasteiger partial charge in [-0.2, -0.15) is 13.2 Å². The van der Waals surface area contributed by atoms with Crippen LogP contribution in [0.5, 0.6) is 0 Å². The van der Waals surface area contributed by atoms with Crippen LogP contribution in [0.2, 0.25) is 0 Å². The molecule has 0 bridgehead atoms. The van der Waals surface area contributed by atoms with Gasteiger partial charge < -0.3 is 4.57 Å². The van der Waals surface area contributed by atoms with Crippen LogP contribution in [0.25, 0.3) is 11.6 Å².